The Morgan fingerprint density at radius 3 is 2.63 bits per heavy atom. The van der Waals surface area contributed by atoms with E-state index < -0.39 is 27.8 Å². The summed E-state index contributed by atoms with van der Waals surface area (Å²) < 4.78 is 28.5. The van der Waals surface area contributed by atoms with Gasteiger partial charge in [0.25, 0.3) is 5.91 Å². The summed E-state index contributed by atoms with van der Waals surface area (Å²) in [6.45, 7) is 0.111. The fourth-order valence-corrected chi connectivity index (χ4v) is 4.36. The van der Waals surface area contributed by atoms with Crippen molar-refractivity contribution in [2.75, 3.05) is 12.8 Å². The SMILES string of the molecule is CS(=O)(=O)c1ccc(OCc2csc(C3CCN(O)C(O)(O)C3O)n2)cc1. The lowest BCUT2D eigenvalue weighted by molar-refractivity contribution is -0.406. The van der Waals surface area contributed by atoms with E-state index in [2.05, 4.69) is 4.98 Å². The van der Waals surface area contributed by atoms with Gasteiger partial charge in [-0.25, -0.2) is 13.4 Å². The van der Waals surface area contributed by atoms with Gasteiger partial charge >= 0.3 is 0 Å². The van der Waals surface area contributed by atoms with Crippen LogP contribution in [0.1, 0.15) is 23.0 Å². The molecule has 1 aliphatic heterocycles. The standard InChI is InChI=1S/C16H20N2O7S2/c1-27(23,24)12-4-2-11(3-5-12)25-8-10-9-26-15(17-10)13-6-7-18(22)16(20,21)14(13)19/h2-5,9,13-14,19-22H,6-8H2,1H3. The molecule has 0 amide bonds. The van der Waals surface area contributed by atoms with Crippen LogP contribution in [0.4, 0.5) is 0 Å². The van der Waals surface area contributed by atoms with Crippen molar-refractivity contribution >= 4 is 21.2 Å². The van der Waals surface area contributed by atoms with Gasteiger partial charge in [-0.15, -0.1) is 16.4 Å². The number of sulfone groups is 1. The number of hydrogen-bond donors (Lipinski definition) is 4. The molecule has 3 rings (SSSR count). The van der Waals surface area contributed by atoms with Crippen molar-refractivity contribution in [2.24, 2.45) is 0 Å². The summed E-state index contributed by atoms with van der Waals surface area (Å²) in [6.07, 6.45) is -0.177. The maximum atomic E-state index is 11.4. The molecule has 4 N–H and O–H groups in total. The van der Waals surface area contributed by atoms with Gasteiger partial charge in [0.15, 0.2) is 9.84 Å². The predicted molar refractivity (Wildman–Crippen MR) is 95.0 cm³/mol. The van der Waals surface area contributed by atoms with Gasteiger partial charge in [0.2, 0.25) is 0 Å². The molecule has 0 saturated carbocycles. The minimum absolute atomic E-state index is 0.0210. The molecule has 2 heterocycles. The Kier molecular flexibility index (Phi) is 5.54. The summed E-state index contributed by atoms with van der Waals surface area (Å²) >= 11 is 1.25. The average Bonchev–Trinajstić information content (AvgIpc) is 3.07. The van der Waals surface area contributed by atoms with Crippen molar-refractivity contribution in [2.45, 2.75) is 35.9 Å². The summed E-state index contributed by atoms with van der Waals surface area (Å²) in [4.78, 5) is 4.56. The highest BCUT2D eigenvalue weighted by Gasteiger charge is 2.49. The van der Waals surface area contributed by atoms with Crippen LogP contribution >= 0.6 is 11.3 Å². The van der Waals surface area contributed by atoms with Crippen LogP contribution < -0.4 is 4.74 Å². The third-order valence-corrected chi connectivity index (χ3v) is 6.49. The second-order valence-electron chi connectivity index (χ2n) is 6.36. The number of thiazole rings is 1. The summed E-state index contributed by atoms with van der Waals surface area (Å²) in [5.74, 6) is -2.88. The molecule has 0 aliphatic carbocycles. The molecule has 9 nitrogen and oxygen atoms in total. The van der Waals surface area contributed by atoms with Crippen molar-refractivity contribution in [3.05, 3.63) is 40.3 Å². The van der Waals surface area contributed by atoms with E-state index in [0.717, 1.165) is 6.26 Å². The molecule has 1 saturated heterocycles. The Morgan fingerprint density at radius 2 is 2.00 bits per heavy atom. The van der Waals surface area contributed by atoms with Gasteiger partial charge in [-0.1, -0.05) is 0 Å². The van der Waals surface area contributed by atoms with E-state index in [9.17, 15) is 28.9 Å². The third-order valence-electron chi connectivity index (χ3n) is 4.34. The van der Waals surface area contributed by atoms with Crippen LogP contribution in [-0.2, 0) is 16.4 Å². The van der Waals surface area contributed by atoms with E-state index >= 15 is 0 Å². The van der Waals surface area contributed by atoms with Crippen LogP contribution in [-0.4, -0.2) is 63.8 Å². The maximum Gasteiger partial charge on any atom is 0.275 e. The monoisotopic (exact) mass is 416 g/mol. The second-order valence-corrected chi connectivity index (χ2v) is 9.27. The van der Waals surface area contributed by atoms with Crippen molar-refractivity contribution in [1.29, 1.82) is 0 Å². The molecule has 2 unspecified atom stereocenters. The summed E-state index contributed by atoms with van der Waals surface area (Å²) in [5, 5.41) is 41.7. The van der Waals surface area contributed by atoms with Crippen molar-refractivity contribution < 1.29 is 33.7 Å². The minimum Gasteiger partial charge on any atom is -0.487 e. The van der Waals surface area contributed by atoms with Gasteiger partial charge in [-0.05, 0) is 30.7 Å². The number of aromatic nitrogens is 1. The number of aliphatic hydroxyl groups excluding tert-OH is 1. The van der Waals surface area contributed by atoms with E-state index in [-0.39, 0.29) is 18.0 Å². The van der Waals surface area contributed by atoms with Crippen molar-refractivity contribution in [3.8, 4) is 5.75 Å². The Bertz CT molecular complexity index is 896. The Morgan fingerprint density at radius 1 is 1.33 bits per heavy atom. The fourth-order valence-electron chi connectivity index (χ4n) is 2.76. The molecule has 1 aromatic carbocycles. The highest BCUT2D eigenvalue weighted by Crippen LogP contribution is 2.36. The average molecular weight is 416 g/mol. The molecule has 1 aromatic heterocycles. The zero-order valence-corrected chi connectivity index (χ0v) is 16.0. The highest BCUT2D eigenvalue weighted by atomic mass is 32.2. The molecule has 27 heavy (non-hydrogen) atoms. The smallest absolute Gasteiger partial charge is 0.275 e. The molecule has 148 valence electrons. The molecule has 1 fully saturated rings. The van der Waals surface area contributed by atoms with Gasteiger partial charge in [0.1, 0.15) is 18.5 Å². The lowest BCUT2D eigenvalue weighted by Crippen LogP contribution is -2.61. The van der Waals surface area contributed by atoms with Gasteiger partial charge in [0, 0.05) is 24.1 Å². The van der Waals surface area contributed by atoms with Gasteiger partial charge in [-0.2, -0.15) is 0 Å². The summed E-state index contributed by atoms with van der Waals surface area (Å²) in [7, 11) is -3.27. The van der Waals surface area contributed by atoms with Gasteiger partial charge in [-0.3, -0.25) is 0 Å². The number of ether oxygens (including phenoxy) is 1. The van der Waals surface area contributed by atoms with Crippen LogP contribution in [0, 0.1) is 0 Å². The van der Waals surface area contributed by atoms with Crippen molar-refractivity contribution in [1.82, 2.24) is 10.0 Å². The Labute approximate surface area is 160 Å². The van der Waals surface area contributed by atoms with Crippen molar-refractivity contribution in [3.63, 3.8) is 0 Å². The van der Waals surface area contributed by atoms with E-state index in [1.54, 1.807) is 17.5 Å². The molecule has 2 atom stereocenters. The highest BCUT2D eigenvalue weighted by molar-refractivity contribution is 7.90. The zero-order valence-electron chi connectivity index (χ0n) is 14.4. The molecule has 2 aromatic rings. The Balaban J connectivity index is 1.65. The topological polar surface area (TPSA) is 140 Å². The van der Waals surface area contributed by atoms with E-state index in [0.29, 0.717) is 27.9 Å². The minimum atomic E-state index is -3.27. The van der Waals surface area contributed by atoms with E-state index in [1.807, 2.05) is 0 Å². The van der Waals surface area contributed by atoms with Crippen LogP contribution in [0.15, 0.2) is 34.5 Å². The van der Waals surface area contributed by atoms with Crippen LogP contribution in [0.3, 0.4) is 0 Å². The first-order valence-corrected chi connectivity index (χ1v) is 10.8. The summed E-state index contributed by atoms with van der Waals surface area (Å²) in [6, 6.07) is 6.02. The molecular weight excluding hydrogens is 396 g/mol. The first kappa shape index (κ1) is 20.1. The largest absolute Gasteiger partial charge is 0.487 e. The molecule has 0 radical (unpaired) electrons. The molecule has 1 aliphatic rings. The zero-order chi connectivity index (χ0) is 19.8. The first-order valence-electron chi connectivity index (χ1n) is 8.05. The van der Waals surface area contributed by atoms with Crippen LogP contribution in [0.5, 0.6) is 5.75 Å². The Hall–Kier alpha value is -1.60. The normalized spacial score (nSPS) is 23.3. The van der Waals surface area contributed by atoms with E-state index in [4.69, 9.17) is 4.74 Å². The number of rotatable bonds is 5. The van der Waals surface area contributed by atoms with Gasteiger partial charge in [0.05, 0.1) is 15.6 Å². The third kappa shape index (κ3) is 4.29. The maximum absolute atomic E-state index is 11.4. The fraction of sp³-hybridized carbons (Fsp3) is 0.438. The number of hydrogen-bond acceptors (Lipinski definition) is 10. The number of benzene rings is 1. The van der Waals surface area contributed by atoms with E-state index in [1.165, 1.54) is 23.5 Å². The lowest BCUT2D eigenvalue weighted by Gasteiger charge is -2.41. The quantitative estimate of drug-likeness (QED) is 0.507. The van der Waals surface area contributed by atoms with Crippen LogP contribution in [0.25, 0.3) is 0 Å². The number of piperidine rings is 1. The van der Waals surface area contributed by atoms with Gasteiger partial charge < -0.3 is 25.3 Å². The molecule has 0 bridgehead atoms. The molecular formula is C16H20N2O7S2. The predicted octanol–water partition coefficient (Wildman–Crippen LogP) is 0.303. The lowest BCUT2D eigenvalue weighted by atomic mass is 9.92. The first-order chi connectivity index (χ1) is 12.6. The summed E-state index contributed by atoms with van der Waals surface area (Å²) in [5.41, 5.74) is 0.585. The number of hydroxylamine groups is 2. The number of aliphatic hydroxyl groups is 3. The van der Waals surface area contributed by atoms with Crippen LogP contribution in [0.2, 0.25) is 0 Å². The molecule has 11 heteroatoms. The number of nitrogens with zero attached hydrogens (tertiary/aromatic N) is 2. The molecule has 0 spiro atoms. The second kappa shape index (κ2) is 7.43.